The Morgan fingerprint density at radius 3 is 2.00 bits per heavy atom. The highest BCUT2D eigenvalue weighted by atomic mass is 79.9. The zero-order valence-corrected chi connectivity index (χ0v) is 16.1. The van der Waals surface area contributed by atoms with Gasteiger partial charge in [0.15, 0.2) is 0 Å². The number of ether oxygens (including phenoxy) is 2. The van der Waals surface area contributed by atoms with Crippen LogP contribution in [0.5, 0.6) is 5.75 Å². The molecule has 3 nitrogen and oxygen atoms in total. The van der Waals surface area contributed by atoms with Crippen LogP contribution in [0.25, 0.3) is 21.5 Å². The molecular weight excluding hydrogens is 404 g/mol. The summed E-state index contributed by atoms with van der Waals surface area (Å²) in [5.41, 5.74) is 0.226. The zero-order chi connectivity index (χ0) is 18.6. The van der Waals surface area contributed by atoms with E-state index >= 15 is 0 Å². The second-order valence-electron chi connectivity index (χ2n) is 6.58. The smallest absolute Gasteiger partial charge is 0.353 e. The lowest BCUT2D eigenvalue weighted by atomic mass is 9.82. The SMILES string of the molecule is COC1(c2ccc(Br)cc2)C(=O)Oc2c1c1ccccc1c1ccccc21. The Morgan fingerprint density at radius 1 is 0.815 bits per heavy atom. The number of benzene rings is 4. The van der Waals surface area contributed by atoms with Crippen molar-refractivity contribution in [1.29, 1.82) is 0 Å². The molecule has 0 saturated carbocycles. The topological polar surface area (TPSA) is 35.5 Å². The highest BCUT2D eigenvalue weighted by molar-refractivity contribution is 9.10. The first-order valence-corrected chi connectivity index (χ1v) is 9.43. The quantitative estimate of drug-likeness (QED) is 0.242. The lowest BCUT2D eigenvalue weighted by molar-refractivity contribution is -0.150. The van der Waals surface area contributed by atoms with Crippen molar-refractivity contribution in [3.8, 4) is 5.75 Å². The number of hydrogen-bond donors (Lipinski definition) is 0. The number of hydrogen-bond acceptors (Lipinski definition) is 3. The summed E-state index contributed by atoms with van der Waals surface area (Å²) < 4.78 is 12.7. The standard InChI is InChI=1S/C23H15BrO3/c1-26-23(14-10-12-15(24)13-11-14)20-18-8-4-2-6-16(18)17-7-3-5-9-19(17)21(20)27-22(23)25/h2-13H,1H3. The molecule has 1 aliphatic heterocycles. The molecule has 0 aliphatic carbocycles. The van der Waals surface area contributed by atoms with E-state index in [1.807, 2.05) is 60.7 Å². The van der Waals surface area contributed by atoms with Crippen LogP contribution in [0.15, 0.2) is 77.3 Å². The molecule has 0 bridgehead atoms. The number of methoxy groups -OCH3 is 1. The molecule has 4 aromatic carbocycles. The van der Waals surface area contributed by atoms with Gasteiger partial charge in [-0.25, -0.2) is 4.79 Å². The van der Waals surface area contributed by atoms with Gasteiger partial charge >= 0.3 is 5.97 Å². The highest BCUT2D eigenvalue weighted by Crippen LogP contribution is 2.52. The van der Waals surface area contributed by atoms with Crippen molar-refractivity contribution in [2.24, 2.45) is 0 Å². The molecule has 0 aromatic heterocycles. The Labute approximate surface area is 164 Å². The average Bonchev–Trinajstić information content (AvgIpc) is 3.02. The van der Waals surface area contributed by atoms with Gasteiger partial charge in [-0.3, -0.25) is 0 Å². The van der Waals surface area contributed by atoms with Crippen LogP contribution in [0.2, 0.25) is 0 Å². The summed E-state index contributed by atoms with van der Waals surface area (Å²) in [5, 5.41) is 4.00. The maximum Gasteiger partial charge on any atom is 0.353 e. The number of rotatable bonds is 2. The summed E-state index contributed by atoms with van der Waals surface area (Å²) in [7, 11) is 1.56. The monoisotopic (exact) mass is 418 g/mol. The van der Waals surface area contributed by atoms with Gasteiger partial charge in [0.2, 0.25) is 5.60 Å². The molecule has 0 fully saturated rings. The summed E-state index contributed by atoms with van der Waals surface area (Å²) in [6.07, 6.45) is 0. The van der Waals surface area contributed by atoms with Crippen LogP contribution in [0, 0.1) is 0 Å². The van der Waals surface area contributed by atoms with E-state index in [1.165, 1.54) is 0 Å². The van der Waals surface area contributed by atoms with Crippen LogP contribution >= 0.6 is 15.9 Å². The normalized spacial score (nSPS) is 18.7. The van der Waals surface area contributed by atoms with Crippen LogP contribution in [-0.4, -0.2) is 13.1 Å². The van der Waals surface area contributed by atoms with E-state index < -0.39 is 11.6 Å². The van der Waals surface area contributed by atoms with Crippen LogP contribution in [0.4, 0.5) is 0 Å². The third kappa shape index (κ3) is 2.14. The number of halogens is 1. The minimum absolute atomic E-state index is 0.413. The fraction of sp³-hybridized carbons (Fsp3) is 0.0870. The highest BCUT2D eigenvalue weighted by Gasteiger charge is 2.53. The third-order valence-corrected chi connectivity index (χ3v) is 5.81. The third-order valence-electron chi connectivity index (χ3n) is 5.28. The van der Waals surface area contributed by atoms with Gasteiger partial charge in [-0.15, -0.1) is 0 Å². The lowest BCUT2D eigenvalue weighted by Crippen LogP contribution is -2.37. The molecule has 4 aromatic rings. The van der Waals surface area contributed by atoms with Crippen molar-refractivity contribution in [1.82, 2.24) is 0 Å². The molecular formula is C23H15BrO3. The first-order valence-electron chi connectivity index (χ1n) is 8.64. The van der Waals surface area contributed by atoms with Crippen molar-refractivity contribution in [2.75, 3.05) is 7.11 Å². The largest absolute Gasteiger partial charge is 0.423 e. The van der Waals surface area contributed by atoms with E-state index in [4.69, 9.17) is 9.47 Å². The van der Waals surface area contributed by atoms with Gasteiger partial charge in [-0.05, 0) is 33.9 Å². The first-order chi connectivity index (χ1) is 13.2. The van der Waals surface area contributed by atoms with E-state index in [2.05, 4.69) is 28.1 Å². The van der Waals surface area contributed by atoms with Crippen molar-refractivity contribution >= 4 is 43.4 Å². The Bertz CT molecular complexity index is 1210. The zero-order valence-electron chi connectivity index (χ0n) is 14.5. The summed E-state index contributed by atoms with van der Waals surface area (Å²) >= 11 is 3.46. The minimum Gasteiger partial charge on any atom is -0.423 e. The molecule has 1 aliphatic rings. The Kier molecular flexibility index (Phi) is 3.61. The summed E-state index contributed by atoms with van der Waals surface area (Å²) in [6.45, 7) is 0. The van der Waals surface area contributed by atoms with Crippen LogP contribution in [0.1, 0.15) is 11.1 Å². The molecule has 1 unspecified atom stereocenters. The molecule has 5 rings (SSSR count). The van der Waals surface area contributed by atoms with Crippen molar-refractivity contribution < 1.29 is 14.3 Å². The van der Waals surface area contributed by atoms with E-state index in [0.29, 0.717) is 5.75 Å². The molecule has 1 atom stereocenters. The predicted molar refractivity (Wildman–Crippen MR) is 109 cm³/mol. The van der Waals surface area contributed by atoms with Gasteiger partial charge in [0.1, 0.15) is 5.75 Å². The minimum atomic E-state index is -1.29. The molecule has 0 spiro atoms. The molecule has 0 saturated heterocycles. The number of fused-ring (bicyclic) bond motifs is 6. The van der Waals surface area contributed by atoms with Crippen molar-refractivity contribution in [3.05, 3.63) is 88.4 Å². The van der Waals surface area contributed by atoms with E-state index in [0.717, 1.165) is 37.1 Å². The van der Waals surface area contributed by atoms with Gasteiger partial charge in [0, 0.05) is 17.0 Å². The van der Waals surface area contributed by atoms with E-state index in [9.17, 15) is 4.79 Å². The maximum atomic E-state index is 13.2. The van der Waals surface area contributed by atoms with E-state index in [1.54, 1.807) is 7.11 Å². The Balaban J connectivity index is 1.98. The molecule has 132 valence electrons. The molecule has 1 heterocycles. The second-order valence-corrected chi connectivity index (χ2v) is 7.49. The Morgan fingerprint density at radius 2 is 1.37 bits per heavy atom. The van der Waals surface area contributed by atoms with Gasteiger partial charge in [0.05, 0.1) is 5.56 Å². The first kappa shape index (κ1) is 16.5. The fourth-order valence-corrected chi connectivity index (χ4v) is 4.35. The van der Waals surface area contributed by atoms with Crippen LogP contribution in [0.3, 0.4) is 0 Å². The summed E-state index contributed by atoms with van der Waals surface area (Å²) in [5.74, 6) is 0.169. The molecule has 0 amide bonds. The van der Waals surface area contributed by atoms with Gasteiger partial charge in [-0.1, -0.05) is 76.6 Å². The molecule has 4 heteroatoms. The molecule has 0 radical (unpaired) electrons. The summed E-state index contributed by atoms with van der Waals surface area (Å²) in [6, 6.07) is 23.7. The predicted octanol–water partition coefficient (Wildman–Crippen LogP) is 5.56. The van der Waals surface area contributed by atoms with Crippen LogP contribution in [-0.2, 0) is 15.1 Å². The van der Waals surface area contributed by atoms with Crippen molar-refractivity contribution in [2.45, 2.75) is 5.60 Å². The van der Waals surface area contributed by atoms with Gasteiger partial charge in [0.25, 0.3) is 0 Å². The Hall–Kier alpha value is -2.69. The van der Waals surface area contributed by atoms with Crippen LogP contribution < -0.4 is 4.74 Å². The van der Waals surface area contributed by atoms with E-state index in [-0.39, 0.29) is 0 Å². The maximum absolute atomic E-state index is 13.2. The molecule has 0 N–H and O–H groups in total. The number of carbonyl (C=O) groups is 1. The second kappa shape index (κ2) is 5.91. The van der Waals surface area contributed by atoms with Gasteiger partial charge < -0.3 is 9.47 Å². The number of carbonyl (C=O) groups excluding carboxylic acids is 1. The van der Waals surface area contributed by atoms with Crippen molar-refractivity contribution in [3.63, 3.8) is 0 Å². The average molecular weight is 419 g/mol. The molecule has 27 heavy (non-hydrogen) atoms. The number of esters is 1. The summed E-state index contributed by atoms with van der Waals surface area (Å²) in [4.78, 5) is 13.2. The van der Waals surface area contributed by atoms with Gasteiger partial charge in [-0.2, -0.15) is 0 Å². The lowest BCUT2D eigenvalue weighted by Gasteiger charge is -2.26. The fourth-order valence-electron chi connectivity index (χ4n) is 4.08.